The highest BCUT2D eigenvalue weighted by Crippen LogP contribution is 2.40. The van der Waals surface area contributed by atoms with E-state index >= 15 is 0 Å². The number of carbonyl (C=O) groups excluding carboxylic acids is 1. The van der Waals surface area contributed by atoms with Gasteiger partial charge in [-0.1, -0.05) is 60.1 Å². The van der Waals surface area contributed by atoms with Gasteiger partial charge in [-0.05, 0) is 41.5 Å². The number of rotatable bonds is 3. The number of amides is 1. The Morgan fingerprint density at radius 2 is 1.50 bits per heavy atom. The maximum absolute atomic E-state index is 13.1. The van der Waals surface area contributed by atoms with E-state index in [9.17, 15) is 4.79 Å². The van der Waals surface area contributed by atoms with Crippen LogP contribution in [0.15, 0.2) is 78.9 Å². The lowest BCUT2D eigenvalue weighted by molar-refractivity contribution is -0.118. The summed E-state index contributed by atoms with van der Waals surface area (Å²) in [7, 11) is 0. The molecule has 0 aliphatic carbocycles. The molecule has 1 atom stereocenters. The molecular weight excluding hydrogens is 320 g/mol. The van der Waals surface area contributed by atoms with Gasteiger partial charge < -0.3 is 0 Å². The summed E-state index contributed by atoms with van der Waals surface area (Å²) in [6, 6.07) is 25.0. The molecule has 0 bridgehead atoms. The first kappa shape index (κ1) is 14.8. The van der Waals surface area contributed by atoms with Crippen molar-refractivity contribution in [3.63, 3.8) is 0 Å². The maximum Gasteiger partial charge on any atom is 0.257 e. The number of nitrogens with zero attached hydrogens (tertiary/aromatic N) is 1. The molecule has 3 nitrogen and oxygen atoms in total. The largest absolute Gasteiger partial charge is 0.291 e. The molecule has 1 aliphatic heterocycles. The molecule has 0 saturated carbocycles. The molecule has 118 valence electrons. The zero-order chi connectivity index (χ0) is 16.5. The molecule has 1 aliphatic rings. The molecule has 24 heavy (non-hydrogen) atoms. The fourth-order valence-electron chi connectivity index (χ4n) is 3.05. The third kappa shape index (κ3) is 2.53. The second kappa shape index (κ2) is 6.02. The minimum atomic E-state index is -0.290. The predicted molar refractivity (Wildman–Crippen MR) is 97.3 cm³/mol. The van der Waals surface area contributed by atoms with Gasteiger partial charge >= 0.3 is 0 Å². The molecule has 0 saturated heterocycles. The summed E-state index contributed by atoms with van der Waals surface area (Å²) >= 11 is 5.93. The van der Waals surface area contributed by atoms with Crippen LogP contribution in [0.3, 0.4) is 0 Å². The van der Waals surface area contributed by atoms with Crippen LogP contribution >= 0.6 is 11.6 Å². The van der Waals surface area contributed by atoms with E-state index in [0.29, 0.717) is 5.02 Å². The van der Waals surface area contributed by atoms with Crippen molar-refractivity contribution in [1.82, 2.24) is 0 Å². The highest BCUT2D eigenvalue weighted by atomic mass is 35.5. The van der Waals surface area contributed by atoms with Gasteiger partial charge in [-0.15, -0.1) is 0 Å². The number of benzene rings is 3. The first-order valence-electron chi connectivity index (χ1n) is 7.74. The summed E-state index contributed by atoms with van der Waals surface area (Å²) in [6.07, 6.45) is 0. The van der Waals surface area contributed by atoms with Gasteiger partial charge in [0.15, 0.2) is 0 Å². The summed E-state index contributed by atoms with van der Waals surface area (Å²) in [5, 5.41) is 2.28. The molecule has 0 fully saturated rings. The molecule has 3 aromatic carbocycles. The Bertz CT molecular complexity index is 878. The molecule has 4 rings (SSSR count). The Morgan fingerprint density at radius 1 is 0.833 bits per heavy atom. The van der Waals surface area contributed by atoms with Crippen molar-refractivity contribution in [3.05, 3.63) is 95.0 Å². The number of fused-ring (bicyclic) bond motifs is 1. The van der Waals surface area contributed by atoms with E-state index in [-0.39, 0.29) is 11.8 Å². The van der Waals surface area contributed by atoms with Crippen LogP contribution in [0.5, 0.6) is 0 Å². The number of halogens is 1. The van der Waals surface area contributed by atoms with Crippen molar-refractivity contribution < 1.29 is 4.79 Å². The summed E-state index contributed by atoms with van der Waals surface area (Å²) in [5.41, 5.74) is 6.90. The van der Waals surface area contributed by atoms with Gasteiger partial charge in [0.25, 0.3) is 5.91 Å². The van der Waals surface area contributed by atoms with Crippen LogP contribution in [0.2, 0.25) is 5.02 Å². The van der Waals surface area contributed by atoms with E-state index in [1.807, 2.05) is 66.7 Å². The molecule has 0 radical (unpaired) electrons. The van der Waals surface area contributed by atoms with Crippen LogP contribution in [-0.4, -0.2) is 5.91 Å². The molecule has 1 heterocycles. The monoisotopic (exact) mass is 334 g/mol. The first-order chi connectivity index (χ1) is 11.7. The van der Waals surface area contributed by atoms with E-state index in [1.165, 1.54) is 0 Å². The normalized spacial score (nSPS) is 16.1. The highest BCUT2D eigenvalue weighted by molar-refractivity contribution is 6.30. The van der Waals surface area contributed by atoms with Crippen molar-refractivity contribution in [3.8, 4) is 0 Å². The number of nitrogens with one attached hydrogen (secondary N) is 1. The van der Waals surface area contributed by atoms with Crippen LogP contribution in [0.25, 0.3) is 0 Å². The minimum Gasteiger partial charge on any atom is -0.291 e. The predicted octanol–water partition coefficient (Wildman–Crippen LogP) is 4.85. The standard InChI is InChI=1S/C20H15ClN2O/c21-15-10-12-16(13-11-15)22-23-18-9-5-4-8-17(18)19(20(23)24)14-6-2-1-3-7-14/h1-13,19,22H/t19-/m1/s1. The molecule has 0 unspecified atom stereocenters. The second-order valence-corrected chi connectivity index (χ2v) is 6.13. The van der Waals surface area contributed by atoms with Crippen LogP contribution < -0.4 is 10.4 Å². The van der Waals surface area contributed by atoms with Crippen molar-refractivity contribution in [1.29, 1.82) is 0 Å². The number of hydrazine groups is 1. The van der Waals surface area contributed by atoms with Gasteiger partial charge in [-0.25, -0.2) is 5.01 Å². The van der Waals surface area contributed by atoms with Gasteiger partial charge in [-0.2, -0.15) is 0 Å². The maximum atomic E-state index is 13.1. The van der Waals surface area contributed by atoms with Crippen molar-refractivity contribution in [2.75, 3.05) is 10.4 Å². The molecular formula is C20H15ClN2O. The average Bonchev–Trinajstić information content (AvgIpc) is 2.90. The van der Waals surface area contributed by atoms with Gasteiger partial charge in [-0.3, -0.25) is 10.2 Å². The van der Waals surface area contributed by atoms with E-state index in [1.54, 1.807) is 17.1 Å². The molecule has 1 N–H and O–H groups in total. The highest BCUT2D eigenvalue weighted by Gasteiger charge is 2.38. The summed E-state index contributed by atoms with van der Waals surface area (Å²) < 4.78 is 0. The van der Waals surface area contributed by atoms with Crippen molar-refractivity contribution in [2.24, 2.45) is 0 Å². The average molecular weight is 335 g/mol. The van der Waals surface area contributed by atoms with Crippen LogP contribution in [0.1, 0.15) is 17.0 Å². The Kier molecular flexibility index (Phi) is 3.71. The summed E-state index contributed by atoms with van der Waals surface area (Å²) in [6.45, 7) is 0. The van der Waals surface area contributed by atoms with Gasteiger partial charge in [0, 0.05) is 5.02 Å². The Labute approximate surface area is 145 Å². The quantitative estimate of drug-likeness (QED) is 0.743. The van der Waals surface area contributed by atoms with E-state index in [2.05, 4.69) is 5.43 Å². The first-order valence-corrected chi connectivity index (χ1v) is 8.12. The molecule has 4 heteroatoms. The Hall–Kier alpha value is -2.78. The van der Waals surface area contributed by atoms with E-state index in [0.717, 1.165) is 22.5 Å². The van der Waals surface area contributed by atoms with Crippen molar-refractivity contribution >= 4 is 28.9 Å². The zero-order valence-corrected chi connectivity index (χ0v) is 13.6. The van der Waals surface area contributed by atoms with Gasteiger partial charge in [0.05, 0.1) is 17.3 Å². The van der Waals surface area contributed by atoms with E-state index < -0.39 is 0 Å². The van der Waals surface area contributed by atoms with Gasteiger partial charge in [0.2, 0.25) is 0 Å². The Morgan fingerprint density at radius 3 is 2.25 bits per heavy atom. The van der Waals surface area contributed by atoms with Crippen LogP contribution in [-0.2, 0) is 4.79 Å². The lowest BCUT2D eigenvalue weighted by Gasteiger charge is -2.20. The third-order valence-corrected chi connectivity index (χ3v) is 4.43. The molecule has 3 aromatic rings. The molecule has 0 aromatic heterocycles. The molecule has 0 spiro atoms. The van der Waals surface area contributed by atoms with Crippen LogP contribution in [0.4, 0.5) is 11.4 Å². The Balaban J connectivity index is 1.74. The van der Waals surface area contributed by atoms with Gasteiger partial charge in [0.1, 0.15) is 0 Å². The lowest BCUT2D eigenvalue weighted by atomic mass is 9.93. The smallest absolute Gasteiger partial charge is 0.257 e. The molecule has 1 amide bonds. The number of carbonyl (C=O) groups is 1. The lowest BCUT2D eigenvalue weighted by Crippen LogP contribution is -2.34. The topological polar surface area (TPSA) is 32.3 Å². The minimum absolute atomic E-state index is 0.0114. The van der Waals surface area contributed by atoms with Crippen LogP contribution in [0, 0.1) is 0 Å². The SMILES string of the molecule is O=C1[C@H](c2ccccc2)c2ccccc2N1Nc1ccc(Cl)cc1. The fraction of sp³-hybridized carbons (Fsp3) is 0.0500. The van der Waals surface area contributed by atoms with E-state index in [4.69, 9.17) is 11.6 Å². The summed E-state index contributed by atoms with van der Waals surface area (Å²) in [4.78, 5) is 13.1. The third-order valence-electron chi connectivity index (χ3n) is 4.17. The zero-order valence-electron chi connectivity index (χ0n) is 12.8. The fourth-order valence-corrected chi connectivity index (χ4v) is 3.18. The second-order valence-electron chi connectivity index (χ2n) is 5.69. The number of para-hydroxylation sites is 1. The number of anilines is 2. The number of hydrogen-bond donors (Lipinski definition) is 1. The van der Waals surface area contributed by atoms with Crippen molar-refractivity contribution in [2.45, 2.75) is 5.92 Å². The summed E-state index contributed by atoms with van der Waals surface area (Å²) in [5.74, 6) is -0.278. The number of hydrogen-bond acceptors (Lipinski definition) is 2.